The Balaban J connectivity index is 3.08. The Hall–Kier alpha value is -1.38. The Morgan fingerprint density at radius 3 is 2.91 bits per heavy atom. The predicted octanol–water partition coefficient (Wildman–Crippen LogP) is 0.425. The maximum Gasteiger partial charge on any atom is 0.248 e. The first-order chi connectivity index (χ1) is 5.24. The average molecular weight is 151 g/mol. The van der Waals surface area contributed by atoms with Gasteiger partial charge in [0.25, 0.3) is 0 Å². The largest absolute Gasteiger partial charge is 0.329 e. The number of nitrogens with one attached hydrogen (secondary N) is 1. The van der Waals surface area contributed by atoms with E-state index in [1.165, 1.54) is 6.07 Å². The second kappa shape index (κ2) is 3.14. The molecule has 0 saturated carbocycles. The minimum absolute atomic E-state index is 0.128. The number of pyridine rings is 1. The highest BCUT2D eigenvalue weighted by atomic mass is 16.1. The summed E-state index contributed by atoms with van der Waals surface area (Å²) in [5.74, 6) is 0. The maximum absolute atomic E-state index is 10.7. The lowest BCUT2D eigenvalue weighted by Crippen LogP contribution is -2.06. The summed E-state index contributed by atoms with van der Waals surface area (Å²) in [5.41, 5.74) is 1.61. The minimum atomic E-state index is -0.128. The van der Waals surface area contributed by atoms with Crippen molar-refractivity contribution < 1.29 is 4.79 Å². The van der Waals surface area contributed by atoms with Gasteiger partial charge in [0.2, 0.25) is 5.56 Å². The van der Waals surface area contributed by atoms with Gasteiger partial charge in [-0.2, -0.15) is 0 Å². The molecular weight excluding hydrogens is 142 g/mol. The molecule has 58 valence electrons. The molecule has 0 saturated heterocycles. The van der Waals surface area contributed by atoms with Crippen LogP contribution in [-0.4, -0.2) is 11.3 Å². The molecular formula is C8H9NO2. The zero-order valence-electron chi connectivity index (χ0n) is 6.26. The summed E-state index contributed by atoms with van der Waals surface area (Å²) in [5, 5.41) is 0. The van der Waals surface area contributed by atoms with E-state index in [-0.39, 0.29) is 5.56 Å². The van der Waals surface area contributed by atoms with Gasteiger partial charge in [0.05, 0.1) is 0 Å². The van der Waals surface area contributed by atoms with Gasteiger partial charge in [-0.05, 0) is 18.1 Å². The fourth-order valence-electron chi connectivity index (χ4n) is 0.913. The smallest absolute Gasteiger partial charge is 0.248 e. The normalized spacial score (nSPS) is 9.55. The van der Waals surface area contributed by atoms with Crippen LogP contribution in [0.3, 0.4) is 0 Å². The van der Waals surface area contributed by atoms with Gasteiger partial charge in [0.1, 0.15) is 6.29 Å². The fraction of sp³-hybridized carbons (Fsp3) is 0.250. The highest BCUT2D eigenvalue weighted by Crippen LogP contribution is 2.01. The Morgan fingerprint density at radius 1 is 1.64 bits per heavy atom. The summed E-state index contributed by atoms with van der Waals surface area (Å²) in [7, 11) is 0. The quantitative estimate of drug-likeness (QED) is 0.623. The van der Waals surface area contributed by atoms with Crippen LogP contribution in [0.4, 0.5) is 0 Å². The van der Waals surface area contributed by atoms with Gasteiger partial charge in [0.15, 0.2) is 0 Å². The van der Waals surface area contributed by atoms with E-state index in [9.17, 15) is 9.59 Å². The topological polar surface area (TPSA) is 49.9 Å². The zero-order valence-corrected chi connectivity index (χ0v) is 6.26. The molecule has 0 bridgehead atoms. The first-order valence-electron chi connectivity index (χ1n) is 3.36. The zero-order chi connectivity index (χ0) is 8.27. The van der Waals surface area contributed by atoms with Gasteiger partial charge < -0.3 is 9.78 Å². The highest BCUT2D eigenvalue weighted by molar-refractivity contribution is 5.55. The molecule has 0 aliphatic carbocycles. The van der Waals surface area contributed by atoms with Crippen LogP contribution in [0.25, 0.3) is 0 Å². The third-order valence-corrected chi connectivity index (χ3v) is 1.55. The molecule has 1 rings (SSSR count). The van der Waals surface area contributed by atoms with Gasteiger partial charge in [-0.15, -0.1) is 0 Å². The third-order valence-electron chi connectivity index (χ3n) is 1.55. The van der Waals surface area contributed by atoms with Crippen LogP contribution in [0.15, 0.2) is 17.1 Å². The fourth-order valence-corrected chi connectivity index (χ4v) is 0.913. The van der Waals surface area contributed by atoms with Gasteiger partial charge in [-0.25, -0.2) is 0 Å². The molecule has 3 nitrogen and oxygen atoms in total. The summed E-state index contributed by atoms with van der Waals surface area (Å²) in [6.45, 7) is 1.81. The van der Waals surface area contributed by atoms with Crippen LogP contribution >= 0.6 is 0 Å². The van der Waals surface area contributed by atoms with Gasteiger partial charge in [-0.3, -0.25) is 4.79 Å². The van der Waals surface area contributed by atoms with Crippen molar-refractivity contribution in [2.75, 3.05) is 0 Å². The van der Waals surface area contributed by atoms with Gasteiger partial charge in [-0.1, -0.05) is 0 Å². The number of hydrogen-bond acceptors (Lipinski definition) is 2. The third kappa shape index (κ3) is 1.77. The minimum Gasteiger partial charge on any atom is -0.329 e. The number of H-pyrrole nitrogens is 1. The summed E-state index contributed by atoms with van der Waals surface area (Å²) in [4.78, 5) is 23.3. The van der Waals surface area contributed by atoms with Crippen LogP contribution in [0.1, 0.15) is 11.1 Å². The van der Waals surface area contributed by atoms with E-state index >= 15 is 0 Å². The average Bonchev–Trinajstić information content (AvgIpc) is 1.95. The summed E-state index contributed by atoms with van der Waals surface area (Å²) in [6.07, 6.45) is 2.76. The second-order valence-corrected chi connectivity index (χ2v) is 2.38. The van der Waals surface area contributed by atoms with E-state index in [1.54, 1.807) is 6.20 Å². The van der Waals surface area contributed by atoms with E-state index in [0.29, 0.717) is 6.42 Å². The first kappa shape index (κ1) is 7.72. The molecule has 0 amide bonds. The molecule has 1 heterocycles. The van der Waals surface area contributed by atoms with Crippen LogP contribution in [0.5, 0.6) is 0 Å². The maximum atomic E-state index is 10.7. The number of rotatable bonds is 2. The lowest BCUT2D eigenvalue weighted by atomic mass is 10.1. The molecule has 0 aromatic carbocycles. The van der Waals surface area contributed by atoms with Crippen molar-refractivity contribution in [1.29, 1.82) is 0 Å². The molecule has 1 aromatic heterocycles. The van der Waals surface area contributed by atoms with Crippen molar-refractivity contribution in [2.24, 2.45) is 0 Å². The molecule has 1 N–H and O–H groups in total. The van der Waals surface area contributed by atoms with Crippen LogP contribution < -0.4 is 5.56 Å². The summed E-state index contributed by atoms with van der Waals surface area (Å²) in [6, 6.07) is 1.48. The Morgan fingerprint density at radius 2 is 2.36 bits per heavy atom. The lowest BCUT2D eigenvalue weighted by molar-refractivity contribution is -0.107. The molecule has 0 fully saturated rings. The monoisotopic (exact) mass is 151 g/mol. The SMILES string of the molecule is Cc1cc(=O)[nH]cc1CC=O. The number of carbonyl (C=O) groups is 1. The van der Waals surface area contributed by atoms with Crippen molar-refractivity contribution in [3.8, 4) is 0 Å². The van der Waals surface area contributed by atoms with Crippen molar-refractivity contribution in [2.45, 2.75) is 13.3 Å². The second-order valence-electron chi connectivity index (χ2n) is 2.38. The molecule has 0 spiro atoms. The molecule has 1 aromatic rings. The van der Waals surface area contributed by atoms with Crippen LogP contribution in [-0.2, 0) is 11.2 Å². The van der Waals surface area contributed by atoms with E-state index in [2.05, 4.69) is 4.98 Å². The first-order valence-corrected chi connectivity index (χ1v) is 3.36. The van der Waals surface area contributed by atoms with Crippen LogP contribution in [0.2, 0.25) is 0 Å². The van der Waals surface area contributed by atoms with Crippen molar-refractivity contribution >= 4 is 6.29 Å². The van der Waals surface area contributed by atoms with E-state index in [0.717, 1.165) is 17.4 Å². The molecule has 0 aliphatic rings. The Labute approximate surface area is 64.1 Å². The highest BCUT2D eigenvalue weighted by Gasteiger charge is 1.96. The van der Waals surface area contributed by atoms with Crippen molar-refractivity contribution in [3.63, 3.8) is 0 Å². The summed E-state index contributed by atoms with van der Waals surface area (Å²) >= 11 is 0. The molecule has 0 unspecified atom stereocenters. The lowest BCUT2D eigenvalue weighted by Gasteiger charge is -1.97. The molecule has 3 heteroatoms. The number of carbonyl (C=O) groups excluding carboxylic acids is 1. The Bertz CT molecular complexity index is 314. The predicted molar refractivity (Wildman–Crippen MR) is 41.6 cm³/mol. The molecule has 0 radical (unpaired) electrons. The molecule has 0 aliphatic heterocycles. The number of hydrogen-bond donors (Lipinski definition) is 1. The number of aromatic amines is 1. The van der Waals surface area contributed by atoms with E-state index in [4.69, 9.17) is 0 Å². The van der Waals surface area contributed by atoms with E-state index < -0.39 is 0 Å². The Kier molecular flexibility index (Phi) is 2.21. The van der Waals surface area contributed by atoms with Crippen molar-refractivity contribution in [1.82, 2.24) is 4.98 Å². The number of aryl methyl sites for hydroxylation is 1. The summed E-state index contributed by atoms with van der Waals surface area (Å²) < 4.78 is 0. The number of aromatic nitrogens is 1. The molecule has 0 atom stereocenters. The van der Waals surface area contributed by atoms with Crippen LogP contribution in [0, 0.1) is 6.92 Å². The number of aldehydes is 1. The van der Waals surface area contributed by atoms with Crippen molar-refractivity contribution in [3.05, 3.63) is 33.7 Å². The van der Waals surface area contributed by atoms with E-state index in [1.807, 2.05) is 6.92 Å². The van der Waals surface area contributed by atoms with Gasteiger partial charge >= 0.3 is 0 Å². The van der Waals surface area contributed by atoms with Gasteiger partial charge in [0, 0.05) is 18.7 Å². The molecule has 11 heavy (non-hydrogen) atoms. The standard InChI is InChI=1S/C8H9NO2/c1-6-4-8(11)9-5-7(6)2-3-10/h3-5H,2H2,1H3,(H,9,11).